The van der Waals surface area contributed by atoms with Crippen molar-refractivity contribution in [2.45, 2.75) is 11.8 Å². The lowest BCUT2D eigenvalue weighted by molar-refractivity contribution is 0.0940. The minimum absolute atomic E-state index is 0.00715. The SMILES string of the molecule is CCOc1ccc(S(=O)(=O)NNC(=O)c2ccc3ccccc3n2)cc1. The zero-order chi connectivity index (χ0) is 18.6. The molecule has 1 aromatic heterocycles. The van der Waals surface area contributed by atoms with E-state index in [1.54, 1.807) is 24.3 Å². The number of hydrogen-bond acceptors (Lipinski definition) is 5. The summed E-state index contributed by atoms with van der Waals surface area (Å²) < 4.78 is 29.8. The fourth-order valence-corrected chi connectivity index (χ4v) is 3.15. The fourth-order valence-electron chi connectivity index (χ4n) is 2.31. The summed E-state index contributed by atoms with van der Waals surface area (Å²) in [6.07, 6.45) is 0. The molecule has 0 atom stereocenters. The first-order chi connectivity index (χ1) is 12.5. The quantitative estimate of drug-likeness (QED) is 0.648. The molecule has 0 radical (unpaired) electrons. The minimum atomic E-state index is -3.90. The number of nitrogens with one attached hydrogen (secondary N) is 2. The normalized spacial score (nSPS) is 11.3. The molecule has 0 spiro atoms. The first-order valence-electron chi connectivity index (χ1n) is 7.90. The predicted octanol–water partition coefficient (Wildman–Crippen LogP) is 2.26. The van der Waals surface area contributed by atoms with Gasteiger partial charge in [0.1, 0.15) is 11.4 Å². The molecular formula is C18H17N3O4S. The first kappa shape index (κ1) is 17.8. The lowest BCUT2D eigenvalue weighted by atomic mass is 10.2. The summed E-state index contributed by atoms with van der Waals surface area (Å²) in [4.78, 5) is 18.5. The van der Waals surface area contributed by atoms with Gasteiger partial charge in [0, 0.05) is 5.39 Å². The first-order valence-corrected chi connectivity index (χ1v) is 9.39. The molecule has 7 nitrogen and oxygen atoms in total. The summed E-state index contributed by atoms with van der Waals surface area (Å²) in [5, 5.41) is 0.888. The van der Waals surface area contributed by atoms with Gasteiger partial charge in [0.25, 0.3) is 15.9 Å². The molecule has 0 bridgehead atoms. The summed E-state index contributed by atoms with van der Waals surface area (Å²) in [5.41, 5.74) is 2.93. The van der Waals surface area contributed by atoms with Crippen molar-refractivity contribution >= 4 is 26.8 Å². The van der Waals surface area contributed by atoms with Crippen LogP contribution in [-0.2, 0) is 10.0 Å². The van der Waals surface area contributed by atoms with Crippen LogP contribution >= 0.6 is 0 Å². The molecule has 26 heavy (non-hydrogen) atoms. The van der Waals surface area contributed by atoms with Gasteiger partial charge < -0.3 is 4.74 Å². The molecule has 0 aliphatic heterocycles. The van der Waals surface area contributed by atoms with E-state index >= 15 is 0 Å². The van der Waals surface area contributed by atoms with Crippen molar-refractivity contribution in [1.29, 1.82) is 0 Å². The fraction of sp³-hybridized carbons (Fsp3) is 0.111. The standard InChI is InChI=1S/C18H17N3O4S/c1-2-25-14-8-10-15(11-9-14)26(23,24)21-20-18(22)17-12-7-13-5-3-4-6-16(13)19-17/h3-12,21H,2H2,1H3,(H,20,22). The summed E-state index contributed by atoms with van der Waals surface area (Å²) in [6.45, 7) is 2.32. The molecule has 0 saturated carbocycles. The lowest BCUT2D eigenvalue weighted by Crippen LogP contribution is -2.41. The number of carbonyl (C=O) groups excluding carboxylic acids is 1. The average Bonchev–Trinajstić information content (AvgIpc) is 2.66. The van der Waals surface area contributed by atoms with Crippen LogP contribution in [0.4, 0.5) is 0 Å². The van der Waals surface area contributed by atoms with Gasteiger partial charge in [-0.2, -0.15) is 0 Å². The van der Waals surface area contributed by atoms with Crippen LogP contribution < -0.4 is 15.0 Å². The van der Waals surface area contributed by atoms with Crippen molar-refractivity contribution in [1.82, 2.24) is 15.2 Å². The van der Waals surface area contributed by atoms with Crippen molar-refractivity contribution in [2.75, 3.05) is 6.61 Å². The Kier molecular flexibility index (Phi) is 5.15. The highest BCUT2D eigenvalue weighted by atomic mass is 32.2. The number of rotatable bonds is 6. The molecular weight excluding hydrogens is 354 g/mol. The van der Waals surface area contributed by atoms with Crippen LogP contribution in [-0.4, -0.2) is 25.9 Å². The van der Waals surface area contributed by atoms with E-state index < -0.39 is 15.9 Å². The molecule has 1 heterocycles. The van der Waals surface area contributed by atoms with Gasteiger partial charge in [-0.1, -0.05) is 24.3 Å². The number of hydrazine groups is 1. The van der Waals surface area contributed by atoms with Crippen LogP contribution in [0, 0.1) is 0 Å². The Labute approximate surface area is 151 Å². The van der Waals surface area contributed by atoms with E-state index in [1.807, 2.05) is 25.1 Å². The molecule has 3 aromatic rings. The molecule has 0 saturated heterocycles. The van der Waals surface area contributed by atoms with Gasteiger partial charge >= 0.3 is 0 Å². The Morgan fingerprint density at radius 3 is 2.50 bits per heavy atom. The molecule has 0 aliphatic rings. The third-order valence-corrected chi connectivity index (χ3v) is 4.84. The van der Waals surface area contributed by atoms with Crippen molar-refractivity contribution in [3.8, 4) is 5.75 Å². The van der Waals surface area contributed by atoms with Gasteiger partial charge in [0.2, 0.25) is 0 Å². The van der Waals surface area contributed by atoms with Gasteiger partial charge in [0.15, 0.2) is 0 Å². The number of sulfonamides is 1. The Bertz CT molecular complexity index is 1030. The second kappa shape index (κ2) is 7.51. The molecule has 0 unspecified atom stereocenters. The van der Waals surface area contributed by atoms with E-state index in [9.17, 15) is 13.2 Å². The average molecular weight is 371 g/mol. The van der Waals surface area contributed by atoms with Crippen LogP contribution in [0.1, 0.15) is 17.4 Å². The number of para-hydroxylation sites is 1. The van der Waals surface area contributed by atoms with E-state index in [0.717, 1.165) is 5.39 Å². The number of pyridine rings is 1. The van der Waals surface area contributed by atoms with E-state index in [2.05, 4.69) is 15.2 Å². The number of benzene rings is 2. The maximum Gasteiger partial charge on any atom is 0.284 e. The Balaban J connectivity index is 1.70. The second-order valence-electron chi connectivity index (χ2n) is 5.35. The van der Waals surface area contributed by atoms with Gasteiger partial charge in [-0.25, -0.2) is 13.4 Å². The lowest BCUT2D eigenvalue weighted by Gasteiger charge is -2.09. The van der Waals surface area contributed by atoms with Crippen LogP contribution in [0.15, 0.2) is 65.6 Å². The second-order valence-corrected chi connectivity index (χ2v) is 7.04. The number of amides is 1. The van der Waals surface area contributed by atoms with Crippen molar-refractivity contribution < 1.29 is 17.9 Å². The predicted molar refractivity (Wildman–Crippen MR) is 97.1 cm³/mol. The van der Waals surface area contributed by atoms with Crippen molar-refractivity contribution in [3.63, 3.8) is 0 Å². The van der Waals surface area contributed by atoms with E-state index in [0.29, 0.717) is 17.9 Å². The number of ether oxygens (including phenoxy) is 1. The van der Waals surface area contributed by atoms with Gasteiger partial charge in [-0.15, -0.1) is 4.83 Å². The highest BCUT2D eigenvalue weighted by Crippen LogP contribution is 2.15. The third-order valence-electron chi connectivity index (χ3n) is 3.58. The highest BCUT2D eigenvalue weighted by Gasteiger charge is 2.16. The van der Waals surface area contributed by atoms with Crippen LogP contribution in [0.2, 0.25) is 0 Å². The molecule has 0 fully saturated rings. The molecule has 8 heteroatoms. The number of hydrogen-bond donors (Lipinski definition) is 2. The molecule has 3 rings (SSSR count). The summed E-state index contributed by atoms with van der Waals surface area (Å²) in [6, 6.07) is 16.5. The number of fused-ring (bicyclic) bond motifs is 1. The molecule has 2 N–H and O–H groups in total. The smallest absolute Gasteiger partial charge is 0.284 e. The van der Waals surface area contributed by atoms with Gasteiger partial charge in [-0.05, 0) is 43.3 Å². The Morgan fingerprint density at radius 1 is 1.04 bits per heavy atom. The van der Waals surface area contributed by atoms with Crippen LogP contribution in [0.5, 0.6) is 5.75 Å². The summed E-state index contributed by atoms with van der Waals surface area (Å²) >= 11 is 0. The van der Waals surface area contributed by atoms with E-state index in [-0.39, 0.29) is 10.6 Å². The number of nitrogens with zero attached hydrogens (tertiary/aromatic N) is 1. The van der Waals surface area contributed by atoms with E-state index in [4.69, 9.17) is 4.74 Å². The van der Waals surface area contributed by atoms with Crippen LogP contribution in [0.3, 0.4) is 0 Å². The topological polar surface area (TPSA) is 97.4 Å². The molecule has 0 aliphatic carbocycles. The minimum Gasteiger partial charge on any atom is -0.494 e. The zero-order valence-electron chi connectivity index (χ0n) is 14.0. The summed E-state index contributed by atoms with van der Waals surface area (Å²) in [5.74, 6) is -0.0823. The third kappa shape index (κ3) is 3.98. The maximum atomic E-state index is 12.3. The van der Waals surface area contributed by atoms with Gasteiger partial charge in [0.05, 0.1) is 17.0 Å². The highest BCUT2D eigenvalue weighted by molar-refractivity contribution is 7.89. The maximum absolute atomic E-state index is 12.3. The van der Waals surface area contributed by atoms with Crippen molar-refractivity contribution in [3.05, 3.63) is 66.4 Å². The Morgan fingerprint density at radius 2 is 1.77 bits per heavy atom. The molecule has 1 amide bonds. The Hall–Kier alpha value is -2.97. The monoisotopic (exact) mass is 371 g/mol. The van der Waals surface area contributed by atoms with Crippen LogP contribution in [0.25, 0.3) is 10.9 Å². The number of carbonyl (C=O) groups is 1. The summed E-state index contributed by atoms with van der Waals surface area (Å²) in [7, 11) is -3.90. The van der Waals surface area contributed by atoms with Gasteiger partial charge in [-0.3, -0.25) is 10.2 Å². The molecule has 2 aromatic carbocycles. The molecule has 134 valence electrons. The number of aromatic nitrogens is 1. The van der Waals surface area contributed by atoms with Crippen molar-refractivity contribution in [2.24, 2.45) is 0 Å². The zero-order valence-corrected chi connectivity index (χ0v) is 14.8. The largest absolute Gasteiger partial charge is 0.494 e. The van der Waals surface area contributed by atoms with E-state index in [1.165, 1.54) is 18.2 Å².